The van der Waals surface area contributed by atoms with Gasteiger partial charge in [-0.05, 0) is 38.0 Å². The predicted octanol–water partition coefficient (Wildman–Crippen LogP) is 3.63. The largest absolute Gasteiger partial charge is 0.357 e. The van der Waals surface area contributed by atoms with Crippen molar-refractivity contribution in [3.8, 4) is 0 Å². The first-order valence-corrected chi connectivity index (χ1v) is 9.56. The summed E-state index contributed by atoms with van der Waals surface area (Å²) in [6.07, 6.45) is 4.28. The second-order valence-electron chi connectivity index (χ2n) is 8.32. The number of carbonyl (C=O) groups is 1. The van der Waals surface area contributed by atoms with E-state index in [1.165, 1.54) is 6.42 Å². The monoisotopic (exact) mass is 466 g/mol. The van der Waals surface area contributed by atoms with Crippen molar-refractivity contribution in [1.29, 1.82) is 0 Å². The highest BCUT2D eigenvalue weighted by Gasteiger charge is 2.24. The number of aliphatic imine (C=N–C) groups is 1. The summed E-state index contributed by atoms with van der Waals surface area (Å²) in [4.78, 5) is 18.8. The molecule has 6 heteroatoms. The lowest BCUT2D eigenvalue weighted by Gasteiger charge is -2.34. The van der Waals surface area contributed by atoms with E-state index in [0.717, 1.165) is 51.4 Å². The van der Waals surface area contributed by atoms with Crippen LogP contribution in [0.4, 0.5) is 0 Å². The second-order valence-corrected chi connectivity index (χ2v) is 8.32. The van der Waals surface area contributed by atoms with Crippen LogP contribution in [0.3, 0.4) is 0 Å². The van der Waals surface area contributed by atoms with Gasteiger partial charge >= 0.3 is 0 Å². The lowest BCUT2D eigenvalue weighted by molar-refractivity contribution is -0.135. The van der Waals surface area contributed by atoms with Gasteiger partial charge in [-0.3, -0.25) is 9.79 Å². The van der Waals surface area contributed by atoms with Crippen LogP contribution in [-0.4, -0.2) is 49.0 Å². The minimum absolute atomic E-state index is 0. The molecule has 1 aliphatic heterocycles. The fourth-order valence-corrected chi connectivity index (χ4v) is 2.92. The van der Waals surface area contributed by atoms with E-state index in [9.17, 15) is 4.79 Å². The molecular weight excluding hydrogens is 427 g/mol. The van der Waals surface area contributed by atoms with Gasteiger partial charge in [-0.25, -0.2) is 0 Å². The zero-order valence-electron chi connectivity index (χ0n) is 17.0. The van der Waals surface area contributed by atoms with Gasteiger partial charge in [-0.15, -0.1) is 24.0 Å². The lowest BCUT2D eigenvalue weighted by atomic mass is 9.91. The summed E-state index contributed by atoms with van der Waals surface area (Å²) in [7, 11) is 0. The predicted molar refractivity (Wildman–Crippen MR) is 118 cm³/mol. The van der Waals surface area contributed by atoms with Crippen molar-refractivity contribution in [3.63, 3.8) is 0 Å². The molecule has 5 nitrogen and oxygen atoms in total. The van der Waals surface area contributed by atoms with Crippen molar-refractivity contribution in [2.45, 2.75) is 73.3 Å². The standard InChI is InChI=1S/C19H38N4O.HI/c1-7-20-18(21-12-8-11-19(4,5)6)22-16-9-13-23(14-10-16)17(24)15(2)3;/h15-16H,7-14H2,1-6H3,(H2,20,21,22);1H. The molecule has 0 saturated carbocycles. The van der Waals surface area contributed by atoms with Crippen molar-refractivity contribution >= 4 is 35.8 Å². The summed E-state index contributed by atoms with van der Waals surface area (Å²) in [5, 5.41) is 6.88. The van der Waals surface area contributed by atoms with Gasteiger partial charge in [-0.1, -0.05) is 34.6 Å². The van der Waals surface area contributed by atoms with Crippen molar-refractivity contribution in [3.05, 3.63) is 0 Å². The Hall–Kier alpha value is -0.530. The third-order valence-electron chi connectivity index (χ3n) is 4.34. The van der Waals surface area contributed by atoms with Crippen LogP contribution in [0.1, 0.15) is 67.2 Å². The summed E-state index contributed by atoms with van der Waals surface area (Å²) in [6, 6.07) is 0.404. The number of hydrogen-bond acceptors (Lipinski definition) is 2. The normalized spacial score (nSPS) is 16.6. The Morgan fingerprint density at radius 2 is 1.84 bits per heavy atom. The molecule has 148 valence electrons. The molecular formula is C19H39IN4O. The zero-order chi connectivity index (χ0) is 18.2. The maximum atomic E-state index is 12.1. The number of guanidine groups is 1. The van der Waals surface area contributed by atoms with E-state index < -0.39 is 0 Å². The van der Waals surface area contributed by atoms with Gasteiger partial charge in [0.05, 0.1) is 0 Å². The highest BCUT2D eigenvalue weighted by Crippen LogP contribution is 2.20. The Kier molecular flexibility index (Phi) is 11.7. The van der Waals surface area contributed by atoms with Crippen LogP contribution >= 0.6 is 24.0 Å². The van der Waals surface area contributed by atoms with Gasteiger partial charge < -0.3 is 15.5 Å². The van der Waals surface area contributed by atoms with Gasteiger partial charge in [-0.2, -0.15) is 0 Å². The maximum Gasteiger partial charge on any atom is 0.225 e. The number of piperidine rings is 1. The van der Waals surface area contributed by atoms with E-state index in [1.54, 1.807) is 0 Å². The molecule has 0 aromatic heterocycles. The van der Waals surface area contributed by atoms with Crippen LogP contribution in [0.2, 0.25) is 0 Å². The van der Waals surface area contributed by atoms with Crippen molar-refractivity contribution < 1.29 is 4.79 Å². The number of nitrogens with zero attached hydrogens (tertiary/aromatic N) is 2. The first kappa shape index (κ1) is 24.5. The number of amides is 1. The number of hydrogen-bond donors (Lipinski definition) is 2. The molecule has 1 saturated heterocycles. The summed E-state index contributed by atoms with van der Waals surface area (Å²) in [5.41, 5.74) is 0.372. The summed E-state index contributed by atoms with van der Waals surface area (Å²) in [5.74, 6) is 1.28. The van der Waals surface area contributed by atoms with Gasteiger partial charge in [0.2, 0.25) is 5.91 Å². The van der Waals surface area contributed by atoms with Crippen LogP contribution in [0.25, 0.3) is 0 Å². The molecule has 1 fully saturated rings. The Balaban J connectivity index is 0.00000576. The molecule has 0 spiro atoms. The van der Waals surface area contributed by atoms with Crippen LogP contribution < -0.4 is 10.6 Å². The van der Waals surface area contributed by atoms with E-state index in [2.05, 4.69) is 38.3 Å². The molecule has 1 amide bonds. The van der Waals surface area contributed by atoms with Gasteiger partial charge in [0.25, 0.3) is 0 Å². The molecule has 0 bridgehead atoms. The fourth-order valence-electron chi connectivity index (χ4n) is 2.92. The molecule has 2 N–H and O–H groups in total. The quantitative estimate of drug-likeness (QED) is 0.272. The number of likely N-dealkylation sites (tertiary alicyclic amines) is 1. The smallest absolute Gasteiger partial charge is 0.225 e. The molecule has 0 atom stereocenters. The minimum Gasteiger partial charge on any atom is -0.357 e. The van der Waals surface area contributed by atoms with Gasteiger partial charge in [0.15, 0.2) is 5.96 Å². The molecule has 0 aromatic carbocycles. The van der Waals surface area contributed by atoms with E-state index >= 15 is 0 Å². The molecule has 1 heterocycles. The minimum atomic E-state index is 0. The Morgan fingerprint density at radius 1 is 1.24 bits per heavy atom. The summed E-state index contributed by atoms with van der Waals surface area (Å²) >= 11 is 0. The molecule has 0 aromatic rings. The molecule has 1 rings (SSSR count). The molecule has 0 aliphatic carbocycles. The molecule has 0 radical (unpaired) electrons. The van der Waals surface area contributed by atoms with Crippen molar-refractivity contribution in [1.82, 2.24) is 15.5 Å². The van der Waals surface area contributed by atoms with Crippen LogP contribution in [0, 0.1) is 11.3 Å². The SMILES string of the molecule is CCNC(=NCCCC(C)(C)C)NC1CCN(C(=O)C(C)C)CC1.I. The number of nitrogens with one attached hydrogen (secondary N) is 2. The van der Waals surface area contributed by atoms with E-state index in [-0.39, 0.29) is 35.8 Å². The fraction of sp³-hybridized carbons (Fsp3) is 0.895. The summed E-state index contributed by atoms with van der Waals surface area (Å²) < 4.78 is 0. The second kappa shape index (κ2) is 12.0. The highest BCUT2D eigenvalue weighted by atomic mass is 127. The Bertz CT molecular complexity index is 410. The zero-order valence-corrected chi connectivity index (χ0v) is 19.4. The lowest BCUT2D eigenvalue weighted by Crippen LogP contribution is -2.50. The van der Waals surface area contributed by atoms with E-state index in [4.69, 9.17) is 4.99 Å². The van der Waals surface area contributed by atoms with Crippen molar-refractivity contribution in [2.75, 3.05) is 26.2 Å². The van der Waals surface area contributed by atoms with Gasteiger partial charge in [0, 0.05) is 38.1 Å². The Morgan fingerprint density at radius 3 is 2.32 bits per heavy atom. The Labute approximate surface area is 171 Å². The molecule has 25 heavy (non-hydrogen) atoms. The average Bonchev–Trinajstić information content (AvgIpc) is 2.50. The van der Waals surface area contributed by atoms with Gasteiger partial charge in [0.1, 0.15) is 0 Å². The topological polar surface area (TPSA) is 56.7 Å². The van der Waals surface area contributed by atoms with Crippen LogP contribution in [-0.2, 0) is 4.79 Å². The average molecular weight is 466 g/mol. The highest BCUT2D eigenvalue weighted by molar-refractivity contribution is 14.0. The van der Waals surface area contributed by atoms with Crippen molar-refractivity contribution in [2.24, 2.45) is 16.3 Å². The van der Waals surface area contributed by atoms with Crippen LogP contribution in [0.15, 0.2) is 4.99 Å². The first-order chi connectivity index (χ1) is 11.2. The van der Waals surface area contributed by atoms with E-state index in [1.807, 2.05) is 18.7 Å². The number of rotatable bonds is 6. The van der Waals surface area contributed by atoms with E-state index in [0.29, 0.717) is 11.5 Å². The summed E-state index contributed by atoms with van der Waals surface area (Å²) in [6.45, 7) is 16.3. The van der Waals surface area contributed by atoms with Crippen LogP contribution in [0.5, 0.6) is 0 Å². The third-order valence-corrected chi connectivity index (χ3v) is 4.34. The first-order valence-electron chi connectivity index (χ1n) is 9.56. The molecule has 1 aliphatic rings. The maximum absolute atomic E-state index is 12.1. The third kappa shape index (κ3) is 10.3. The molecule has 0 unspecified atom stereocenters. The number of halogens is 1. The number of carbonyl (C=O) groups excluding carboxylic acids is 1.